The highest BCUT2D eigenvalue weighted by atomic mass is 32.1. The summed E-state index contributed by atoms with van der Waals surface area (Å²) in [5, 5.41) is 6.12. The summed E-state index contributed by atoms with van der Waals surface area (Å²) < 4.78 is 5.41. The highest BCUT2D eigenvalue weighted by molar-refractivity contribution is 7.07. The number of rotatable bonds is 5. The third kappa shape index (κ3) is 2.59. The molecule has 2 aromatic heterocycles. The molecule has 1 aromatic carbocycles. The Hall–Kier alpha value is -2.87. The van der Waals surface area contributed by atoms with Gasteiger partial charge in [-0.15, -0.1) is 11.3 Å². The Bertz CT molecular complexity index is 988. The maximum absolute atomic E-state index is 12.7. The first-order valence-corrected chi connectivity index (χ1v) is 9.76. The van der Waals surface area contributed by atoms with E-state index in [2.05, 4.69) is 15.1 Å². The third-order valence-corrected chi connectivity index (χ3v) is 6.04. The molecular weight excluding hydrogens is 364 g/mol. The number of aromatic nitrogens is 3. The fraction of sp³-hybridized carbons (Fsp3) is 0.316. The second-order valence-electron chi connectivity index (χ2n) is 7.04. The predicted octanol–water partition coefficient (Wildman–Crippen LogP) is 2.83. The SMILES string of the molecule is O=C1c2ccccc2C(=O)N1CC1(c2noc(Cc3cscn3)n2)CCC1. The lowest BCUT2D eigenvalue weighted by Gasteiger charge is -2.41. The number of amides is 2. The molecule has 1 saturated carbocycles. The Labute approximate surface area is 159 Å². The van der Waals surface area contributed by atoms with Gasteiger partial charge in [-0.1, -0.05) is 23.7 Å². The van der Waals surface area contributed by atoms with E-state index in [1.807, 2.05) is 5.38 Å². The number of carbonyl (C=O) groups is 2. The van der Waals surface area contributed by atoms with Gasteiger partial charge in [0, 0.05) is 11.9 Å². The van der Waals surface area contributed by atoms with Crippen molar-refractivity contribution in [2.45, 2.75) is 31.1 Å². The van der Waals surface area contributed by atoms with Crippen LogP contribution in [0, 0.1) is 0 Å². The largest absolute Gasteiger partial charge is 0.339 e. The second kappa shape index (κ2) is 6.09. The molecule has 3 aromatic rings. The molecule has 1 fully saturated rings. The van der Waals surface area contributed by atoms with Crippen molar-refractivity contribution in [3.8, 4) is 0 Å². The minimum Gasteiger partial charge on any atom is -0.339 e. The molecule has 2 aliphatic rings. The molecule has 8 heteroatoms. The van der Waals surface area contributed by atoms with E-state index in [0.29, 0.717) is 29.3 Å². The fourth-order valence-corrected chi connectivity index (χ4v) is 4.32. The van der Waals surface area contributed by atoms with Gasteiger partial charge < -0.3 is 4.52 Å². The van der Waals surface area contributed by atoms with Crippen LogP contribution in [0.15, 0.2) is 39.7 Å². The maximum atomic E-state index is 12.7. The van der Waals surface area contributed by atoms with Gasteiger partial charge in [0.15, 0.2) is 5.82 Å². The molecule has 7 nitrogen and oxygen atoms in total. The van der Waals surface area contributed by atoms with Crippen molar-refractivity contribution in [1.29, 1.82) is 0 Å². The number of nitrogens with zero attached hydrogens (tertiary/aromatic N) is 4. The Morgan fingerprint density at radius 1 is 1.15 bits per heavy atom. The van der Waals surface area contributed by atoms with E-state index in [-0.39, 0.29) is 18.4 Å². The zero-order valence-electron chi connectivity index (χ0n) is 14.4. The molecule has 0 unspecified atom stereocenters. The van der Waals surface area contributed by atoms with Crippen molar-refractivity contribution in [3.63, 3.8) is 0 Å². The van der Waals surface area contributed by atoms with Crippen LogP contribution in [0.3, 0.4) is 0 Å². The molecule has 0 radical (unpaired) electrons. The first-order valence-electron chi connectivity index (χ1n) is 8.82. The first-order chi connectivity index (χ1) is 13.2. The van der Waals surface area contributed by atoms with Crippen molar-refractivity contribution in [2.75, 3.05) is 6.54 Å². The number of hydrogen-bond acceptors (Lipinski definition) is 7. The van der Waals surface area contributed by atoms with E-state index in [0.717, 1.165) is 25.0 Å². The molecule has 27 heavy (non-hydrogen) atoms. The summed E-state index contributed by atoms with van der Waals surface area (Å²) in [6, 6.07) is 6.94. The van der Waals surface area contributed by atoms with Gasteiger partial charge in [0.2, 0.25) is 5.89 Å². The number of fused-ring (bicyclic) bond motifs is 1. The normalized spacial score (nSPS) is 17.9. The van der Waals surface area contributed by atoms with Crippen LogP contribution in [0.1, 0.15) is 57.4 Å². The Morgan fingerprint density at radius 3 is 2.48 bits per heavy atom. The van der Waals surface area contributed by atoms with Gasteiger partial charge in [-0.05, 0) is 25.0 Å². The van der Waals surface area contributed by atoms with Crippen LogP contribution in [0.4, 0.5) is 0 Å². The van der Waals surface area contributed by atoms with E-state index in [1.54, 1.807) is 29.8 Å². The summed E-state index contributed by atoms with van der Waals surface area (Å²) in [7, 11) is 0. The molecule has 0 spiro atoms. The summed E-state index contributed by atoms with van der Waals surface area (Å²) in [5.74, 6) is 0.598. The van der Waals surface area contributed by atoms with Crippen LogP contribution in [0.25, 0.3) is 0 Å². The highest BCUT2D eigenvalue weighted by Crippen LogP contribution is 2.44. The zero-order chi connectivity index (χ0) is 18.4. The molecule has 0 N–H and O–H groups in total. The average Bonchev–Trinajstić information content (AvgIpc) is 3.37. The van der Waals surface area contributed by atoms with Gasteiger partial charge in [0.25, 0.3) is 11.8 Å². The molecule has 5 rings (SSSR count). The summed E-state index contributed by atoms with van der Waals surface area (Å²) in [6.07, 6.45) is 3.16. The lowest BCUT2D eigenvalue weighted by atomic mass is 9.67. The molecule has 0 saturated heterocycles. The quantitative estimate of drug-likeness (QED) is 0.633. The lowest BCUT2D eigenvalue weighted by Crippen LogP contribution is -2.48. The van der Waals surface area contributed by atoms with Crippen LogP contribution in [0.2, 0.25) is 0 Å². The summed E-state index contributed by atoms with van der Waals surface area (Å²) in [6.45, 7) is 0.287. The Kier molecular flexibility index (Phi) is 3.68. The molecule has 1 aliphatic heterocycles. The second-order valence-corrected chi connectivity index (χ2v) is 7.76. The van der Waals surface area contributed by atoms with E-state index in [9.17, 15) is 9.59 Å². The number of thiazole rings is 1. The topological polar surface area (TPSA) is 89.2 Å². The smallest absolute Gasteiger partial charge is 0.261 e. The number of benzene rings is 1. The van der Waals surface area contributed by atoms with E-state index in [4.69, 9.17) is 4.52 Å². The minimum atomic E-state index is -0.419. The van der Waals surface area contributed by atoms with Gasteiger partial charge in [-0.3, -0.25) is 14.5 Å². The monoisotopic (exact) mass is 380 g/mol. The molecule has 0 atom stereocenters. The zero-order valence-corrected chi connectivity index (χ0v) is 15.2. The highest BCUT2D eigenvalue weighted by Gasteiger charge is 2.48. The van der Waals surface area contributed by atoms with Crippen molar-refractivity contribution < 1.29 is 14.1 Å². The fourth-order valence-electron chi connectivity index (χ4n) is 3.76. The van der Waals surface area contributed by atoms with Crippen LogP contribution < -0.4 is 0 Å². The van der Waals surface area contributed by atoms with Gasteiger partial charge in [-0.2, -0.15) is 4.98 Å². The van der Waals surface area contributed by atoms with Crippen LogP contribution in [0.5, 0.6) is 0 Å². The molecule has 136 valence electrons. The minimum absolute atomic E-state index is 0.243. The molecule has 3 heterocycles. The van der Waals surface area contributed by atoms with E-state index < -0.39 is 5.41 Å². The summed E-state index contributed by atoms with van der Waals surface area (Å²) in [5.41, 5.74) is 3.17. The summed E-state index contributed by atoms with van der Waals surface area (Å²) in [4.78, 5) is 35.5. The van der Waals surface area contributed by atoms with Gasteiger partial charge in [0.05, 0.1) is 34.2 Å². The molecular formula is C19H16N4O3S. The van der Waals surface area contributed by atoms with E-state index in [1.165, 1.54) is 16.2 Å². The lowest BCUT2D eigenvalue weighted by molar-refractivity contribution is 0.0555. The van der Waals surface area contributed by atoms with Crippen molar-refractivity contribution >= 4 is 23.2 Å². The molecule has 2 amide bonds. The molecule has 1 aliphatic carbocycles. The summed E-state index contributed by atoms with van der Waals surface area (Å²) >= 11 is 1.52. The molecule has 0 bridgehead atoms. The predicted molar refractivity (Wildman–Crippen MR) is 96.6 cm³/mol. The first kappa shape index (κ1) is 16.3. The van der Waals surface area contributed by atoms with Crippen LogP contribution in [-0.4, -0.2) is 38.4 Å². The van der Waals surface area contributed by atoms with Crippen molar-refractivity contribution in [2.24, 2.45) is 0 Å². The third-order valence-electron chi connectivity index (χ3n) is 5.41. The maximum Gasteiger partial charge on any atom is 0.261 e. The standard InChI is InChI=1S/C19H16N4O3S/c24-16-13-4-1-2-5-14(13)17(25)23(16)10-19(6-3-7-19)18-21-15(26-22-18)8-12-9-27-11-20-12/h1-2,4-5,9,11H,3,6-8,10H2. The van der Waals surface area contributed by atoms with Crippen LogP contribution in [-0.2, 0) is 11.8 Å². The number of imide groups is 1. The Morgan fingerprint density at radius 2 is 1.89 bits per heavy atom. The number of hydrogen-bond donors (Lipinski definition) is 0. The van der Waals surface area contributed by atoms with Crippen molar-refractivity contribution in [3.05, 3.63) is 63.7 Å². The van der Waals surface area contributed by atoms with Crippen molar-refractivity contribution in [1.82, 2.24) is 20.0 Å². The average molecular weight is 380 g/mol. The van der Waals surface area contributed by atoms with E-state index >= 15 is 0 Å². The Balaban J connectivity index is 1.40. The van der Waals surface area contributed by atoms with Gasteiger partial charge in [-0.25, -0.2) is 4.98 Å². The number of carbonyl (C=O) groups excluding carboxylic acids is 2. The van der Waals surface area contributed by atoms with Crippen LogP contribution >= 0.6 is 11.3 Å². The van der Waals surface area contributed by atoms with Gasteiger partial charge >= 0.3 is 0 Å². The van der Waals surface area contributed by atoms with Gasteiger partial charge in [0.1, 0.15) is 0 Å².